The highest BCUT2D eigenvalue weighted by Gasteiger charge is 2.19. The molecule has 0 fully saturated rings. The van der Waals surface area contributed by atoms with E-state index < -0.39 is 6.10 Å². The lowest BCUT2D eigenvalue weighted by Crippen LogP contribution is -2.30. The van der Waals surface area contributed by atoms with Crippen LogP contribution in [0.25, 0.3) is 0 Å². The van der Waals surface area contributed by atoms with Gasteiger partial charge in [0.2, 0.25) is 0 Å². The van der Waals surface area contributed by atoms with Gasteiger partial charge < -0.3 is 14.2 Å². The molecule has 0 aliphatic carbocycles. The number of unbranched alkanes of at least 4 members (excludes halogenated alkanes) is 31. The quantitative estimate of drug-likeness (QED) is 0.0261. The second kappa shape index (κ2) is 61.1. The third-order valence-electron chi connectivity index (χ3n) is 13.4. The molecule has 0 aliphatic rings. The number of hydrogen-bond donors (Lipinski definition) is 0. The summed E-state index contributed by atoms with van der Waals surface area (Å²) in [4.78, 5) is 38.2. The second-order valence-corrected chi connectivity index (χ2v) is 20.6. The van der Waals surface area contributed by atoms with E-state index >= 15 is 0 Å². The maximum Gasteiger partial charge on any atom is 0.306 e. The molecule has 0 rings (SSSR count). The molecule has 6 nitrogen and oxygen atoms in total. The first-order valence-electron chi connectivity index (χ1n) is 31.1. The van der Waals surface area contributed by atoms with Crippen LogP contribution in [0.1, 0.15) is 303 Å². The molecule has 0 aliphatic heterocycles. The van der Waals surface area contributed by atoms with Crippen LogP contribution in [-0.4, -0.2) is 37.2 Å². The summed E-state index contributed by atoms with van der Waals surface area (Å²) in [5.74, 6) is -0.882. The van der Waals surface area contributed by atoms with Gasteiger partial charge in [-0.1, -0.05) is 273 Å². The first-order chi connectivity index (χ1) is 36.0. The number of ether oxygens (including phenoxy) is 3. The molecule has 0 amide bonds. The molecule has 0 N–H and O–H groups in total. The normalized spacial score (nSPS) is 12.6. The zero-order valence-electron chi connectivity index (χ0n) is 48.1. The Bertz CT molecular complexity index is 1400. The van der Waals surface area contributed by atoms with Crippen LogP contribution in [0.15, 0.2) is 85.1 Å². The summed E-state index contributed by atoms with van der Waals surface area (Å²) in [6, 6.07) is 0. The Labute approximate surface area is 452 Å². The highest BCUT2D eigenvalue weighted by atomic mass is 16.6. The van der Waals surface area contributed by atoms with Crippen molar-refractivity contribution in [3.05, 3.63) is 85.1 Å². The molecule has 1 unspecified atom stereocenters. The number of allylic oxidation sites excluding steroid dienone is 14. The van der Waals surface area contributed by atoms with Crippen LogP contribution in [0.2, 0.25) is 0 Å². The van der Waals surface area contributed by atoms with Crippen molar-refractivity contribution >= 4 is 17.9 Å². The summed E-state index contributed by atoms with van der Waals surface area (Å²) in [5.41, 5.74) is 0. The van der Waals surface area contributed by atoms with Crippen LogP contribution in [0.5, 0.6) is 0 Å². The van der Waals surface area contributed by atoms with E-state index in [4.69, 9.17) is 14.2 Å². The van der Waals surface area contributed by atoms with Gasteiger partial charge in [0, 0.05) is 19.3 Å². The van der Waals surface area contributed by atoms with Gasteiger partial charge in [-0.2, -0.15) is 0 Å². The topological polar surface area (TPSA) is 78.9 Å². The Hall–Kier alpha value is -3.41. The smallest absolute Gasteiger partial charge is 0.306 e. The largest absolute Gasteiger partial charge is 0.462 e. The Morgan fingerprint density at radius 2 is 0.534 bits per heavy atom. The van der Waals surface area contributed by atoms with Crippen LogP contribution in [0, 0.1) is 0 Å². The Morgan fingerprint density at radius 3 is 0.849 bits per heavy atom. The van der Waals surface area contributed by atoms with E-state index in [1.165, 1.54) is 154 Å². The maximum atomic E-state index is 12.9. The average molecular weight is 1020 g/mol. The zero-order chi connectivity index (χ0) is 52.9. The zero-order valence-corrected chi connectivity index (χ0v) is 48.1. The van der Waals surface area contributed by atoms with Gasteiger partial charge in [-0.3, -0.25) is 14.4 Å². The Morgan fingerprint density at radius 1 is 0.288 bits per heavy atom. The van der Waals surface area contributed by atoms with Gasteiger partial charge in [0.1, 0.15) is 13.2 Å². The Balaban J connectivity index is 4.32. The van der Waals surface area contributed by atoms with Crippen LogP contribution in [-0.2, 0) is 28.6 Å². The maximum absolute atomic E-state index is 12.9. The summed E-state index contributed by atoms with van der Waals surface area (Å²) in [6.07, 6.45) is 80.1. The predicted octanol–water partition coefficient (Wildman–Crippen LogP) is 21.1. The average Bonchev–Trinajstić information content (AvgIpc) is 3.39. The summed E-state index contributed by atoms with van der Waals surface area (Å²) in [7, 11) is 0. The molecule has 0 saturated heterocycles. The highest BCUT2D eigenvalue weighted by molar-refractivity contribution is 5.71. The van der Waals surface area contributed by atoms with Gasteiger partial charge in [0.25, 0.3) is 0 Å². The fourth-order valence-corrected chi connectivity index (χ4v) is 8.74. The summed E-state index contributed by atoms with van der Waals surface area (Å²) in [6.45, 7) is 6.52. The number of hydrogen-bond acceptors (Lipinski definition) is 6. The van der Waals surface area contributed by atoms with Gasteiger partial charge in [-0.25, -0.2) is 0 Å². The molecular weight excluding hydrogens is 901 g/mol. The first-order valence-corrected chi connectivity index (χ1v) is 31.1. The van der Waals surface area contributed by atoms with E-state index in [0.717, 1.165) is 109 Å². The van der Waals surface area contributed by atoms with Crippen molar-refractivity contribution < 1.29 is 28.6 Å². The van der Waals surface area contributed by atoms with E-state index in [2.05, 4.69) is 106 Å². The molecule has 0 saturated carbocycles. The molecule has 0 aromatic carbocycles. The van der Waals surface area contributed by atoms with Crippen molar-refractivity contribution in [1.29, 1.82) is 0 Å². The van der Waals surface area contributed by atoms with Crippen molar-refractivity contribution in [3.63, 3.8) is 0 Å². The third-order valence-corrected chi connectivity index (χ3v) is 13.4. The minimum absolute atomic E-state index is 0.0789. The predicted molar refractivity (Wildman–Crippen MR) is 316 cm³/mol. The number of carbonyl (C=O) groups is 3. The van der Waals surface area contributed by atoms with E-state index in [-0.39, 0.29) is 31.1 Å². The lowest BCUT2D eigenvalue weighted by molar-refractivity contribution is -0.167. The summed E-state index contributed by atoms with van der Waals surface area (Å²) in [5, 5.41) is 0. The fraction of sp³-hybridized carbons (Fsp3) is 0.746. The Kier molecular flexibility index (Phi) is 58.3. The molecule has 0 heterocycles. The molecule has 0 bridgehead atoms. The molecule has 6 heteroatoms. The van der Waals surface area contributed by atoms with Gasteiger partial charge >= 0.3 is 17.9 Å². The van der Waals surface area contributed by atoms with Crippen molar-refractivity contribution in [2.75, 3.05) is 13.2 Å². The molecule has 1 atom stereocenters. The van der Waals surface area contributed by atoms with Crippen molar-refractivity contribution in [2.24, 2.45) is 0 Å². The van der Waals surface area contributed by atoms with Crippen molar-refractivity contribution in [3.8, 4) is 0 Å². The minimum Gasteiger partial charge on any atom is -0.462 e. The van der Waals surface area contributed by atoms with E-state index in [1.807, 2.05) is 0 Å². The van der Waals surface area contributed by atoms with E-state index in [1.54, 1.807) is 0 Å². The SMILES string of the molecule is CC/C=C\C/C=C\C/C=C\C/C=C\C/C=C\CCCCCCCCCCCC(=O)OCC(COC(=O)CCCCCCCCCCCCCC)OC(=O)CCCCCCCCC/C=C\C/C=C\CCCCCC. The molecular formula is C67H116O6. The van der Waals surface area contributed by atoms with E-state index in [0.29, 0.717) is 19.3 Å². The van der Waals surface area contributed by atoms with Gasteiger partial charge in [-0.05, 0) is 96.3 Å². The molecule has 0 aromatic rings. The van der Waals surface area contributed by atoms with Gasteiger partial charge in [-0.15, -0.1) is 0 Å². The standard InChI is InChI=1S/C67H116O6/c1-4-7-10-13-16-19-22-25-27-29-31-32-33-34-35-36-37-39-40-42-45-48-51-54-57-60-66(69)72-63-64(62-71-65(68)59-56-53-50-47-44-24-21-18-15-12-9-6-3)73-67(70)61-58-55-52-49-46-43-41-38-30-28-26-23-20-17-14-11-8-5-2/h7,10,16,19-20,23,25,27-28,30-32,34-35,64H,4-6,8-9,11-15,17-18,21-22,24,26,29,33,36-63H2,1-3H3/b10-7-,19-16-,23-20-,27-25-,30-28-,32-31-,35-34-. The van der Waals surface area contributed by atoms with Crippen LogP contribution < -0.4 is 0 Å². The first kappa shape index (κ1) is 69.6. The van der Waals surface area contributed by atoms with Crippen LogP contribution >= 0.6 is 0 Å². The molecule has 0 aromatic heterocycles. The van der Waals surface area contributed by atoms with Crippen LogP contribution in [0.3, 0.4) is 0 Å². The number of rotatable bonds is 56. The number of esters is 3. The van der Waals surface area contributed by atoms with Crippen molar-refractivity contribution in [1.82, 2.24) is 0 Å². The lowest BCUT2D eigenvalue weighted by atomic mass is 10.0. The molecule has 0 radical (unpaired) electrons. The third kappa shape index (κ3) is 59.3. The van der Waals surface area contributed by atoms with Gasteiger partial charge in [0.15, 0.2) is 6.10 Å². The van der Waals surface area contributed by atoms with E-state index in [9.17, 15) is 14.4 Å². The summed E-state index contributed by atoms with van der Waals surface area (Å²) < 4.78 is 16.9. The second-order valence-electron chi connectivity index (χ2n) is 20.6. The summed E-state index contributed by atoms with van der Waals surface area (Å²) >= 11 is 0. The minimum atomic E-state index is -0.782. The molecule has 73 heavy (non-hydrogen) atoms. The molecule has 0 spiro atoms. The van der Waals surface area contributed by atoms with Crippen molar-refractivity contribution in [2.45, 2.75) is 309 Å². The lowest BCUT2D eigenvalue weighted by Gasteiger charge is -2.18. The molecule has 420 valence electrons. The van der Waals surface area contributed by atoms with Gasteiger partial charge in [0.05, 0.1) is 0 Å². The number of carbonyl (C=O) groups excluding carboxylic acids is 3. The monoisotopic (exact) mass is 1020 g/mol. The highest BCUT2D eigenvalue weighted by Crippen LogP contribution is 2.16. The fourth-order valence-electron chi connectivity index (χ4n) is 8.74. The van der Waals surface area contributed by atoms with Crippen LogP contribution in [0.4, 0.5) is 0 Å².